The van der Waals surface area contributed by atoms with Crippen LogP contribution in [0.3, 0.4) is 0 Å². The molecule has 3 heteroatoms. The van der Waals surface area contributed by atoms with Gasteiger partial charge in [-0.15, -0.1) is 12.3 Å². The molecule has 2 fully saturated rings. The van der Waals surface area contributed by atoms with Gasteiger partial charge in [0.25, 0.3) is 0 Å². The van der Waals surface area contributed by atoms with Gasteiger partial charge in [0.2, 0.25) is 0 Å². The number of allylic oxidation sites excluding steroid dienone is 1. The predicted octanol–water partition coefficient (Wildman–Crippen LogP) is 4.77. The SMILES string of the molecule is C#CC1CC(N(C(=O)OC(C)(C)C)C2CCC(C(=C)C)CC2)C1. The van der Waals surface area contributed by atoms with Gasteiger partial charge >= 0.3 is 6.09 Å². The Labute approximate surface area is 141 Å². The molecular formula is C20H31NO2. The predicted molar refractivity (Wildman–Crippen MR) is 94.0 cm³/mol. The zero-order valence-electron chi connectivity index (χ0n) is 15.1. The highest BCUT2D eigenvalue weighted by atomic mass is 16.6. The number of hydrogen-bond acceptors (Lipinski definition) is 2. The van der Waals surface area contributed by atoms with Crippen LogP contribution in [-0.4, -0.2) is 28.7 Å². The van der Waals surface area contributed by atoms with Gasteiger partial charge in [-0.05, 0) is 72.1 Å². The molecule has 2 aliphatic carbocycles. The molecule has 0 bridgehead atoms. The van der Waals surface area contributed by atoms with Crippen LogP contribution < -0.4 is 0 Å². The number of ether oxygens (including phenoxy) is 1. The Morgan fingerprint density at radius 2 is 1.74 bits per heavy atom. The third-order valence-corrected chi connectivity index (χ3v) is 5.13. The molecule has 0 aromatic carbocycles. The fourth-order valence-corrected chi connectivity index (χ4v) is 3.71. The van der Waals surface area contributed by atoms with E-state index in [1.54, 1.807) is 0 Å². The second-order valence-corrected chi connectivity index (χ2v) is 8.23. The highest BCUT2D eigenvalue weighted by Gasteiger charge is 2.41. The summed E-state index contributed by atoms with van der Waals surface area (Å²) in [6, 6.07) is 0.529. The van der Waals surface area contributed by atoms with E-state index in [-0.39, 0.29) is 18.2 Å². The topological polar surface area (TPSA) is 29.5 Å². The Morgan fingerprint density at radius 1 is 1.17 bits per heavy atom. The van der Waals surface area contributed by atoms with Gasteiger partial charge in [0, 0.05) is 18.0 Å². The van der Waals surface area contributed by atoms with Crippen molar-refractivity contribution in [2.24, 2.45) is 11.8 Å². The number of hydrogen-bond donors (Lipinski definition) is 0. The van der Waals surface area contributed by atoms with Crippen molar-refractivity contribution in [3.63, 3.8) is 0 Å². The summed E-state index contributed by atoms with van der Waals surface area (Å²) >= 11 is 0. The van der Waals surface area contributed by atoms with E-state index >= 15 is 0 Å². The summed E-state index contributed by atoms with van der Waals surface area (Å²) < 4.78 is 5.67. The Kier molecular flexibility index (Phi) is 5.45. The van der Waals surface area contributed by atoms with Gasteiger partial charge < -0.3 is 9.64 Å². The van der Waals surface area contributed by atoms with Crippen molar-refractivity contribution in [3.05, 3.63) is 12.2 Å². The lowest BCUT2D eigenvalue weighted by molar-refractivity contribution is -0.0180. The summed E-state index contributed by atoms with van der Waals surface area (Å²) in [6.45, 7) is 12.0. The van der Waals surface area contributed by atoms with Crippen LogP contribution in [0.4, 0.5) is 4.79 Å². The Bertz CT molecular complexity index is 483. The molecule has 2 aliphatic rings. The van der Waals surface area contributed by atoms with E-state index in [0.29, 0.717) is 11.8 Å². The Hall–Kier alpha value is -1.43. The van der Waals surface area contributed by atoms with Crippen LogP contribution in [0, 0.1) is 24.2 Å². The second kappa shape index (κ2) is 6.99. The van der Waals surface area contributed by atoms with Crippen molar-refractivity contribution in [1.82, 2.24) is 4.90 Å². The van der Waals surface area contributed by atoms with Crippen molar-refractivity contribution in [1.29, 1.82) is 0 Å². The van der Waals surface area contributed by atoms with Gasteiger partial charge in [-0.2, -0.15) is 0 Å². The first-order chi connectivity index (χ1) is 10.7. The summed E-state index contributed by atoms with van der Waals surface area (Å²) in [6.07, 6.45) is 11.5. The summed E-state index contributed by atoms with van der Waals surface area (Å²) in [4.78, 5) is 14.7. The number of nitrogens with zero attached hydrogens (tertiary/aromatic N) is 1. The van der Waals surface area contributed by atoms with E-state index in [1.165, 1.54) is 5.57 Å². The number of terminal acetylenes is 1. The molecule has 2 saturated carbocycles. The molecule has 0 aromatic rings. The Morgan fingerprint density at radius 3 is 2.17 bits per heavy atom. The summed E-state index contributed by atoms with van der Waals surface area (Å²) in [5.41, 5.74) is 0.808. The minimum Gasteiger partial charge on any atom is -0.444 e. The quantitative estimate of drug-likeness (QED) is 0.554. The van der Waals surface area contributed by atoms with Crippen molar-refractivity contribution in [2.75, 3.05) is 0 Å². The third-order valence-electron chi connectivity index (χ3n) is 5.13. The number of amides is 1. The highest BCUT2D eigenvalue weighted by molar-refractivity contribution is 5.69. The highest BCUT2D eigenvalue weighted by Crippen LogP contribution is 2.38. The average Bonchev–Trinajstić information content (AvgIpc) is 2.40. The molecule has 0 aromatic heterocycles. The fraction of sp³-hybridized carbons (Fsp3) is 0.750. The molecule has 2 rings (SSSR count). The molecular weight excluding hydrogens is 286 g/mol. The van der Waals surface area contributed by atoms with Gasteiger partial charge in [-0.25, -0.2) is 4.79 Å². The van der Waals surface area contributed by atoms with Gasteiger partial charge in [0.05, 0.1) is 0 Å². The lowest BCUT2D eigenvalue weighted by atomic mass is 9.77. The molecule has 0 spiro atoms. The fourth-order valence-electron chi connectivity index (χ4n) is 3.71. The number of rotatable bonds is 3. The molecule has 23 heavy (non-hydrogen) atoms. The van der Waals surface area contributed by atoms with Gasteiger partial charge in [0.1, 0.15) is 5.60 Å². The molecule has 0 aliphatic heterocycles. The maximum Gasteiger partial charge on any atom is 0.410 e. The van der Waals surface area contributed by atoms with E-state index in [4.69, 9.17) is 11.2 Å². The normalized spacial score (nSPS) is 30.7. The minimum atomic E-state index is -0.459. The van der Waals surface area contributed by atoms with E-state index in [1.807, 2.05) is 25.7 Å². The summed E-state index contributed by atoms with van der Waals surface area (Å²) in [5, 5.41) is 0. The van der Waals surface area contributed by atoms with E-state index in [9.17, 15) is 4.79 Å². The molecule has 0 atom stereocenters. The van der Waals surface area contributed by atoms with Crippen LogP contribution in [-0.2, 0) is 4.74 Å². The standard InChI is InChI=1S/C20H31NO2/c1-7-15-12-18(13-15)21(19(22)23-20(4,5)6)17-10-8-16(9-11-17)14(2)3/h1,15-18H,2,8-13H2,3-6H3. The van der Waals surface area contributed by atoms with Crippen LogP contribution in [0.5, 0.6) is 0 Å². The zero-order valence-corrected chi connectivity index (χ0v) is 15.1. The maximum absolute atomic E-state index is 12.7. The molecule has 0 unspecified atom stereocenters. The molecule has 1 amide bonds. The van der Waals surface area contributed by atoms with E-state index < -0.39 is 5.60 Å². The molecule has 0 heterocycles. The van der Waals surface area contributed by atoms with Crippen LogP contribution in [0.25, 0.3) is 0 Å². The average molecular weight is 317 g/mol. The van der Waals surface area contributed by atoms with Crippen molar-refractivity contribution < 1.29 is 9.53 Å². The minimum absolute atomic E-state index is 0.170. The first-order valence-electron chi connectivity index (χ1n) is 8.84. The smallest absolute Gasteiger partial charge is 0.410 e. The third kappa shape index (κ3) is 4.53. The van der Waals surface area contributed by atoms with Crippen LogP contribution in [0.1, 0.15) is 66.2 Å². The molecule has 0 N–H and O–H groups in total. The van der Waals surface area contributed by atoms with E-state index in [0.717, 1.165) is 38.5 Å². The van der Waals surface area contributed by atoms with E-state index in [2.05, 4.69) is 19.4 Å². The largest absolute Gasteiger partial charge is 0.444 e. The van der Waals surface area contributed by atoms with Crippen LogP contribution in [0.15, 0.2) is 12.2 Å². The second-order valence-electron chi connectivity index (χ2n) is 8.23. The zero-order chi connectivity index (χ0) is 17.2. The van der Waals surface area contributed by atoms with Gasteiger partial charge in [0.15, 0.2) is 0 Å². The first kappa shape index (κ1) is 17.9. The van der Waals surface area contributed by atoms with Crippen LogP contribution in [0.2, 0.25) is 0 Å². The van der Waals surface area contributed by atoms with Gasteiger partial charge in [-0.3, -0.25) is 0 Å². The maximum atomic E-state index is 12.7. The lowest BCUT2D eigenvalue weighted by Crippen LogP contribution is -2.54. The molecule has 128 valence electrons. The monoisotopic (exact) mass is 317 g/mol. The molecule has 3 nitrogen and oxygen atoms in total. The van der Waals surface area contributed by atoms with Gasteiger partial charge in [-0.1, -0.05) is 12.2 Å². The first-order valence-corrected chi connectivity index (χ1v) is 8.84. The number of carbonyl (C=O) groups is 1. The lowest BCUT2D eigenvalue weighted by Gasteiger charge is -2.47. The Balaban J connectivity index is 2.04. The molecule has 0 saturated heterocycles. The summed E-state index contributed by atoms with van der Waals surface area (Å²) in [5.74, 6) is 3.73. The van der Waals surface area contributed by atoms with Crippen LogP contribution >= 0.6 is 0 Å². The summed E-state index contributed by atoms with van der Waals surface area (Å²) in [7, 11) is 0. The van der Waals surface area contributed by atoms with Crippen molar-refractivity contribution in [3.8, 4) is 12.3 Å². The van der Waals surface area contributed by atoms with Crippen molar-refractivity contribution >= 4 is 6.09 Å². The number of carbonyl (C=O) groups excluding carboxylic acids is 1. The molecule has 0 radical (unpaired) electrons. The van der Waals surface area contributed by atoms with Crippen molar-refractivity contribution in [2.45, 2.75) is 83.9 Å².